The molecule has 3 rings (SSSR count). The fourth-order valence-electron chi connectivity index (χ4n) is 1.92. The van der Waals surface area contributed by atoms with Crippen molar-refractivity contribution in [2.75, 3.05) is 32.5 Å². The standard InChI is InChI=1S/C15H17N5S/c1-20(2)8-7-16-15-17-9-11(10-18-15)14-19-12-5-3-4-6-13(12)21-14/h3-6,9-10H,7-8H2,1-2H3,(H,16,17,18). The molecule has 0 aliphatic carbocycles. The molecule has 0 atom stereocenters. The molecule has 1 N–H and O–H groups in total. The van der Waals surface area contributed by atoms with E-state index in [4.69, 9.17) is 0 Å². The van der Waals surface area contributed by atoms with Crippen molar-refractivity contribution < 1.29 is 0 Å². The molecule has 0 fully saturated rings. The van der Waals surface area contributed by atoms with Crippen LogP contribution in [0, 0.1) is 0 Å². The van der Waals surface area contributed by atoms with Gasteiger partial charge in [-0.25, -0.2) is 15.0 Å². The van der Waals surface area contributed by atoms with Crippen molar-refractivity contribution in [3.63, 3.8) is 0 Å². The third-order valence-electron chi connectivity index (χ3n) is 3.03. The Morgan fingerprint density at radius 1 is 1.14 bits per heavy atom. The van der Waals surface area contributed by atoms with Crippen LogP contribution in [0.3, 0.4) is 0 Å². The molecule has 0 amide bonds. The molecule has 0 aliphatic rings. The molecule has 0 radical (unpaired) electrons. The van der Waals surface area contributed by atoms with Crippen LogP contribution in [0.15, 0.2) is 36.7 Å². The first-order valence-corrected chi connectivity index (χ1v) is 7.60. The van der Waals surface area contributed by atoms with E-state index in [1.807, 2.05) is 44.7 Å². The number of fused-ring (bicyclic) bond motifs is 1. The summed E-state index contributed by atoms with van der Waals surface area (Å²) in [7, 11) is 4.08. The van der Waals surface area contributed by atoms with Gasteiger partial charge in [0, 0.05) is 31.0 Å². The van der Waals surface area contributed by atoms with E-state index in [9.17, 15) is 0 Å². The lowest BCUT2D eigenvalue weighted by molar-refractivity contribution is 0.425. The summed E-state index contributed by atoms with van der Waals surface area (Å²) in [5.74, 6) is 0.654. The zero-order valence-corrected chi connectivity index (χ0v) is 12.9. The molecular formula is C15H17N5S. The van der Waals surface area contributed by atoms with Crippen LogP contribution in [0.2, 0.25) is 0 Å². The Morgan fingerprint density at radius 2 is 1.90 bits per heavy atom. The Labute approximate surface area is 127 Å². The minimum atomic E-state index is 0.654. The summed E-state index contributed by atoms with van der Waals surface area (Å²) >= 11 is 1.66. The van der Waals surface area contributed by atoms with Gasteiger partial charge in [0.25, 0.3) is 0 Å². The van der Waals surface area contributed by atoms with Gasteiger partial charge in [0.05, 0.1) is 10.2 Å². The van der Waals surface area contributed by atoms with E-state index >= 15 is 0 Å². The van der Waals surface area contributed by atoms with Gasteiger partial charge >= 0.3 is 0 Å². The van der Waals surface area contributed by atoms with Crippen LogP contribution in [-0.2, 0) is 0 Å². The van der Waals surface area contributed by atoms with Crippen molar-refractivity contribution in [1.82, 2.24) is 19.9 Å². The second kappa shape index (κ2) is 6.15. The normalized spacial score (nSPS) is 11.2. The van der Waals surface area contributed by atoms with Gasteiger partial charge in [-0.2, -0.15) is 0 Å². The van der Waals surface area contributed by atoms with Gasteiger partial charge < -0.3 is 10.2 Å². The number of para-hydroxylation sites is 1. The van der Waals surface area contributed by atoms with E-state index in [2.05, 4.69) is 31.2 Å². The van der Waals surface area contributed by atoms with Crippen molar-refractivity contribution >= 4 is 27.5 Å². The summed E-state index contributed by atoms with van der Waals surface area (Å²) in [6.07, 6.45) is 3.64. The number of aromatic nitrogens is 3. The van der Waals surface area contributed by atoms with Crippen LogP contribution in [0.1, 0.15) is 0 Å². The number of hydrogen-bond donors (Lipinski definition) is 1. The van der Waals surface area contributed by atoms with Crippen molar-refractivity contribution in [3.05, 3.63) is 36.7 Å². The maximum Gasteiger partial charge on any atom is 0.222 e. The molecule has 5 nitrogen and oxygen atoms in total. The van der Waals surface area contributed by atoms with Gasteiger partial charge in [-0.15, -0.1) is 11.3 Å². The molecule has 0 spiro atoms. The van der Waals surface area contributed by atoms with E-state index in [1.165, 1.54) is 4.70 Å². The highest BCUT2D eigenvalue weighted by Gasteiger charge is 2.07. The van der Waals surface area contributed by atoms with Gasteiger partial charge in [0.2, 0.25) is 5.95 Å². The number of rotatable bonds is 5. The monoisotopic (exact) mass is 299 g/mol. The summed E-state index contributed by atoms with van der Waals surface area (Å²) in [6, 6.07) is 8.13. The highest BCUT2D eigenvalue weighted by atomic mass is 32.1. The van der Waals surface area contributed by atoms with Crippen molar-refractivity contribution in [2.24, 2.45) is 0 Å². The predicted molar refractivity (Wildman–Crippen MR) is 87.7 cm³/mol. The Hall–Kier alpha value is -2.05. The van der Waals surface area contributed by atoms with Crippen LogP contribution in [0.4, 0.5) is 5.95 Å². The van der Waals surface area contributed by atoms with E-state index < -0.39 is 0 Å². The lowest BCUT2D eigenvalue weighted by Crippen LogP contribution is -2.21. The fraction of sp³-hybridized carbons (Fsp3) is 0.267. The second-order valence-electron chi connectivity index (χ2n) is 5.01. The second-order valence-corrected chi connectivity index (χ2v) is 6.04. The SMILES string of the molecule is CN(C)CCNc1ncc(-c2nc3ccccc3s2)cn1. The molecule has 6 heteroatoms. The first-order valence-electron chi connectivity index (χ1n) is 6.79. The molecule has 21 heavy (non-hydrogen) atoms. The predicted octanol–water partition coefficient (Wildman–Crippen LogP) is 2.73. The summed E-state index contributed by atoms with van der Waals surface area (Å²) in [5.41, 5.74) is 1.97. The smallest absolute Gasteiger partial charge is 0.222 e. The number of nitrogens with zero attached hydrogens (tertiary/aromatic N) is 4. The van der Waals surface area contributed by atoms with Crippen molar-refractivity contribution in [3.8, 4) is 10.6 Å². The summed E-state index contributed by atoms with van der Waals surface area (Å²) in [4.78, 5) is 15.4. The van der Waals surface area contributed by atoms with Crippen LogP contribution in [-0.4, -0.2) is 47.0 Å². The molecule has 1 aromatic carbocycles. The number of likely N-dealkylation sites (N-methyl/N-ethyl adjacent to an activating group) is 1. The minimum absolute atomic E-state index is 0.654. The third-order valence-corrected chi connectivity index (χ3v) is 4.12. The van der Waals surface area contributed by atoms with Crippen LogP contribution < -0.4 is 5.32 Å². The van der Waals surface area contributed by atoms with Gasteiger partial charge in [-0.3, -0.25) is 0 Å². The summed E-state index contributed by atoms with van der Waals surface area (Å²) < 4.78 is 1.18. The summed E-state index contributed by atoms with van der Waals surface area (Å²) in [5, 5.41) is 4.16. The number of nitrogens with one attached hydrogen (secondary N) is 1. The maximum absolute atomic E-state index is 4.61. The van der Waals surface area contributed by atoms with E-state index in [-0.39, 0.29) is 0 Å². The Kier molecular flexibility index (Phi) is 4.08. The number of hydrogen-bond acceptors (Lipinski definition) is 6. The van der Waals surface area contributed by atoms with Gasteiger partial charge in [-0.1, -0.05) is 12.1 Å². The van der Waals surface area contributed by atoms with Gasteiger partial charge in [-0.05, 0) is 26.2 Å². The van der Waals surface area contributed by atoms with E-state index in [0.29, 0.717) is 5.95 Å². The lowest BCUT2D eigenvalue weighted by Gasteiger charge is -2.09. The lowest BCUT2D eigenvalue weighted by atomic mass is 10.3. The Balaban J connectivity index is 1.74. The molecule has 2 aromatic heterocycles. The van der Waals surface area contributed by atoms with Crippen LogP contribution in [0.25, 0.3) is 20.8 Å². The zero-order chi connectivity index (χ0) is 14.7. The third kappa shape index (κ3) is 3.34. The topological polar surface area (TPSA) is 53.9 Å². The molecule has 108 valence electrons. The van der Waals surface area contributed by atoms with Gasteiger partial charge in [0.15, 0.2) is 0 Å². The van der Waals surface area contributed by atoms with Gasteiger partial charge in [0.1, 0.15) is 5.01 Å². The van der Waals surface area contributed by atoms with Crippen molar-refractivity contribution in [2.45, 2.75) is 0 Å². The first-order chi connectivity index (χ1) is 10.2. The minimum Gasteiger partial charge on any atom is -0.353 e. The Bertz CT molecular complexity index is 687. The van der Waals surface area contributed by atoms with Crippen molar-refractivity contribution in [1.29, 1.82) is 0 Å². The average Bonchev–Trinajstić information content (AvgIpc) is 2.91. The molecule has 0 saturated heterocycles. The van der Waals surface area contributed by atoms with E-state index in [0.717, 1.165) is 29.2 Å². The fourth-order valence-corrected chi connectivity index (χ4v) is 2.86. The quantitative estimate of drug-likeness (QED) is 0.785. The summed E-state index contributed by atoms with van der Waals surface area (Å²) in [6.45, 7) is 1.77. The molecular weight excluding hydrogens is 282 g/mol. The molecule has 0 saturated carbocycles. The van der Waals surface area contributed by atoms with E-state index in [1.54, 1.807) is 11.3 Å². The zero-order valence-electron chi connectivity index (χ0n) is 12.1. The molecule has 0 aliphatic heterocycles. The van der Waals surface area contributed by atoms with Crippen LogP contribution >= 0.6 is 11.3 Å². The Morgan fingerprint density at radius 3 is 2.62 bits per heavy atom. The highest BCUT2D eigenvalue weighted by molar-refractivity contribution is 7.21. The molecule has 0 unspecified atom stereocenters. The average molecular weight is 299 g/mol. The number of benzene rings is 1. The molecule has 3 aromatic rings. The molecule has 0 bridgehead atoms. The van der Waals surface area contributed by atoms with Crippen LogP contribution in [0.5, 0.6) is 0 Å². The maximum atomic E-state index is 4.61. The number of thiazole rings is 1. The largest absolute Gasteiger partial charge is 0.353 e. The molecule has 2 heterocycles. The highest BCUT2D eigenvalue weighted by Crippen LogP contribution is 2.29. The first kappa shape index (κ1) is 13.9. The number of anilines is 1.